The summed E-state index contributed by atoms with van der Waals surface area (Å²) in [6.45, 7) is 0. The minimum Gasteiger partial charge on any atom is -0.478 e. The maximum absolute atomic E-state index is 13.5. The minimum atomic E-state index is -1.52. The first kappa shape index (κ1) is 14.2. The van der Waals surface area contributed by atoms with E-state index in [0.717, 1.165) is 25.3 Å². The third kappa shape index (κ3) is 2.71. The fourth-order valence-corrected chi connectivity index (χ4v) is 1.95. The summed E-state index contributed by atoms with van der Waals surface area (Å²) in [5, 5.41) is 11.0. The van der Waals surface area contributed by atoms with Gasteiger partial charge in [-0.1, -0.05) is 0 Å². The fraction of sp³-hybridized carbons (Fsp3) is 0.385. The average Bonchev–Trinajstić information content (AvgIpc) is 2.29. The van der Waals surface area contributed by atoms with Crippen LogP contribution in [0.25, 0.3) is 0 Å². The molecular weight excluding hydrogens is 270 g/mol. The molecule has 0 heterocycles. The number of hydrogen-bond acceptors (Lipinski definition) is 2. The molecule has 0 atom stereocenters. The summed E-state index contributed by atoms with van der Waals surface area (Å²) in [4.78, 5) is 24.1. The summed E-state index contributed by atoms with van der Waals surface area (Å²) < 4.78 is 26.8. The highest BCUT2D eigenvalue weighted by Gasteiger charge is 2.26. The molecule has 0 radical (unpaired) electrons. The average molecular weight is 284 g/mol. The first-order valence-corrected chi connectivity index (χ1v) is 6.16. The topological polar surface area (TPSA) is 69.6 Å². The summed E-state index contributed by atoms with van der Waals surface area (Å²) in [5.74, 6) is -3.71. The highest BCUT2D eigenvalue weighted by Crippen LogP contribution is 2.25. The van der Waals surface area contributed by atoms with Crippen LogP contribution in [0.1, 0.15) is 29.6 Å². The van der Waals surface area contributed by atoms with Crippen molar-refractivity contribution in [3.8, 4) is 0 Å². The van der Waals surface area contributed by atoms with Crippen molar-refractivity contribution in [3.63, 3.8) is 0 Å². The van der Waals surface area contributed by atoms with Gasteiger partial charge in [-0.05, 0) is 25.3 Å². The van der Waals surface area contributed by atoms with Gasteiger partial charge >= 0.3 is 12.0 Å². The molecule has 2 amide bonds. The molecule has 0 saturated heterocycles. The lowest BCUT2D eigenvalue weighted by Gasteiger charge is -2.34. The molecule has 7 heteroatoms. The zero-order valence-corrected chi connectivity index (χ0v) is 10.8. The molecule has 0 spiro atoms. The minimum absolute atomic E-state index is 0.109. The number of carboxylic acids is 1. The van der Waals surface area contributed by atoms with E-state index in [2.05, 4.69) is 5.32 Å². The van der Waals surface area contributed by atoms with Gasteiger partial charge in [0.1, 0.15) is 11.6 Å². The molecule has 0 unspecified atom stereocenters. The van der Waals surface area contributed by atoms with Crippen molar-refractivity contribution in [2.45, 2.75) is 25.3 Å². The Morgan fingerprint density at radius 1 is 1.30 bits per heavy atom. The van der Waals surface area contributed by atoms with Gasteiger partial charge in [0.2, 0.25) is 0 Å². The van der Waals surface area contributed by atoms with Crippen LogP contribution in [-0.2, 0) is 0 Å². The maximum atomic E-state index is 13.5. The van der Waals surface area contributed by atoms with Gasteiger partial charge in [0, 0.05) is 19.2 Å². The number of carboxylic acid groups (broad SMARTS) is 1. The van der Waals surface area contributed by atoms with Crippen LogP contribution in [-0.4, -0.2) is 35.1 Å². The Kier molecular flexibility index (Phi) is 3.87. The Balaban J connectivity index is 2.17. The highest BCUT2D eigenvalue weighted by atomic mass is 19.1. The molecule has 0 bridgehead atoms. The largest absolute Gasteiger partial charge is 0.478 e. The van der Waals surface area contributed by atoms with Gasteiger partial charge in [-0.2, -0.15) is 0 Å². The van der Waals surface area contributed by atoms with E-state index in [1.807, 2.05) is 0 Å². The summed E-state index contributed by atoms with van der Waals surface area (Å²) in [5.41, 5.74) is -1.03. The molecule has 1 saturated carbocycles. The quantitative estimate of drug-likeness (QED) is 0.896. The molecule has 0 aromatic heterocycles. The molecule has 5 nitrogen and oxygen atoms in total. The Bertz CT molecular complexity index is 559. The molecule has 1 aromatic carbocycles. The number of amides is 2. The van der Waals surface area contributed by atoms with E-state index in [0.29, 0.717) is 6.07 Å². The van der Waals surface area contributed by atoms with Crippen molar-refractivity contribution in [1.29, 1.82) is 0 Å². The molecular formula is C13H14F2N2O3. The number of rotatable bonds is 3. The third-order valence-electron chi connectivity index (χ3n) is 3.47. The van der Waals surface area contributed by atoms with Crippen LogP contribution in [0.5, 0.6) is 0 Å². The van der Waals surface area contributed by atoms with Crippen LogP contribution in [0.2, 0.25) is 0 Å². The Hall–Kier alpha value is -2.18. The predicted molar refractivity (Wildman–Crippen MR) is 67.7 cm³/mol. The summed E-state index contributed by atoms with van der Waals surface area (Å²) >= 11 is 0. The lowest BCUT2D eigenvalue weighted by atomic mass is 9.92. The van der Waals surface area contributed by atoms with Crippen molar-refractivity contribution in [3.05, 3.63) is 29.3 Å². The van der Waals surface area contributed by atoms with Gasteiger partial charge in [0.05, 0.1) is 11.3 Å². The second kappa shape index (κ2) is 5.44. The zero-order chi connectivity index (χ0) is 14.9. The molecule has 1 aromatic rings. The Labute approximate surface area is 114 Å². The first-order valence-electron chi connectivity index (χ1n) is 6.16. The number of urea groups is 1. The van der Waals surface area contributed by atoms with Crippen molar-refractivity contribution < 1.29 is 23.5 Å². The van der Waals surface area contributed by atoms with Crippen LogP contribution in [0.15, 0.2) is 12.1 Å². The SMILES string of the molecule is CN(C(=O)Nc1cc(C(=O)O)c(F)cc1F)C1CCC1. The lowest BCUT2D eigenvalue weighted by Crippen LogP contribution is -2.43. The fourth-order valence-electron chi connectivity index (χ4n) is 1.95. The number of aromatic carboxylic acids is 1. The third-order valence-corrected chi connectivity index (χ3v) is 3.47. The van der Waals surface area contributed by atoms with Crippen LogP contribution < -0.4 is 5.32 Å². The Morgan fingerprint density at radius 3 is 2.45 bits per heavy atom. The summed E-state index contributed by atoms with van der Waals surface area (Å²) in [7, 11) is 1.58. The van der Waals surface area contributed by atoms with Crippen molar-refractivity contribution >= 4 is 17.7 Å². The second-order valence-electron chi connectivity index (χ2n) is 4.74. The maximum Gasteiger partial charge on any atom is 0.338 e. The van der Waals surface area contributed by atoms with Crippen LogP contribution in [0.3, 0.4) is 0 Å². The molecule has 2 rings (SSSR count). The molecule has 108 valence electrons. The molecule has 20 heavy (non-hydrogen) atoms. The second-order valence-corrected chi connectivity index (χ2v) is 4.74. The molecule has 0 aliphatic heterocycles. The van der Waals surface area contributed by atoms with Gasteiger partial charge in [0.25, 0.3) is 0 Å². The number of carbonyl (C=O) groups excluding carboxylic acids is 1. The van der Waals surface area contributed by atoms with Gasteiger partial charge in [0.15, 0.2) is 0 Å². The molecule has 2 N–H and O–H groups in total. The van der Waals surface area contributed by atoms with E-state index in [9.17, 15) is 18.4 Å². The summed E-state index contributed by atoms with van der Waals surface area (Å²) in [6, 6.07) is 0.788. The molecule has 1 aliphatic carbocycles. The number of benzene rings is 1. The van der Waals surface area contributed by atoms with Crippen molar-refractivity contribution in [1.82, 2.24) is 4.90 Å². The predicted octanol–water partition coefficient (Wildman–Crippen LogP) is 2.68. The Morgan fingerprint density at radius 2 is 1.95 bits per heavy atom. The van der Waals surface area contributed by atoms with Crippen molar-refractivity contribution in [2.24, 2.45) is 0 Å². The number of nitrogens with one attached hydrogen (secondary N) is 1. The van der Waals surface area contributed by atoms with Crippen LogP contribution in [0.4, 0.5) is 19.3 Å². The monoisotopic (exact) mass is 284 g/mol. The van der Waals surface area contributed by atoms with Gasteiger partial charge in [-0.3, -0.25) is 0 Å². The van der Waals surface area contributed by atoms with E-state index >= 15 is 0 Å². The van der Waals surface area contributed by atoms with Crippen molar-refractivity contribution in [2.75, 3.05) is 12.4 Å². The van der Waals surface area contributed by atoms with E-state index in [1.54, 1.807) is 7.05 Å². The van der Waals surface area contributed by atoms with Gasteiger partial charge in [-0.25, -0.2) is 18.4 Å². The normalized spacial score (nSPS) is 14.6. The first-order chi connectivity index (χ1) is 9.40. The smallest absolute Gasteiger partial charge is 0.338 e. The standard InChI is InChI=1S/C13H14F2N2O3/c1-17(7-3-2-4-7)13(20)16-11-5-8(12(18)19)9(14)6-10(11)15/h5-7H,2-4H2,1H3,(H,16,20)(H,18,19). The van der Waals surface area contributed by atoms with Gasteiger partial charge in [-0.15, -0.1) is 0 Å². The van der Waals surface area contributed by atoms with Crippen LogP contribution >= 0.6 is 0 Å². The number of nitrogens with zero attached hydrogens (tertiary/aromatic N) is 1. The van der Waals surface area contributed by atoms with Gasteiger partial charge < -0.3 is 15.3 Å². The zero-order valence-electron chi connectivity index (χ0n) is 10.8. The number of hydrogen-bond donors (Lipinski definition) is 2. The highest BCUT2D eigenvalue weighted by molar-refractivity contribution is 5.93. The van der Waals surface area contributed by atoms with E-state index in [1.165, 1.54) is 4.90 Å². The summed E-state index contributed by atoms with van der Waals surface area (Å²) in [6.07, 6.45) is 2.81. The lowest BCUT2D eigenvalue weighted by molar-refractivity contribution is 0.0691. The van der Waals surface area contributed by atoms with E-state index < -0.39 is 29.2 Å². The molecule has 1 aliphatic rings. The van der Waals surface area contributed by atoms with E-state index in [4.69, 9.17) is 5.11 Å². The number of anilines is 1. The number of carbonyl (C=O) groups is 2. The molecule has 1 fully saturated rings. The van der Waals surface area contributed by atoms with E-state index in [-0.39, 0.29) is 11.7 Å². The number of halogens is 2. The van der Waals surface area contributed by atoms with Crippen LogP contribution in [0, 0.1) is 11.6 Å².